The van der Waals surface area contributed by atoms with E-state index in [1.54, 1.807) is 4.98 Å². The van der Waals surface area contributed by atoms with Gasteiger partial charge in [-0.3, -0.25) is 4.79 Å². The van der Waals surface area contributed by atoms with Crippen LogP contribution in [0.1, 0.15) is 31.8 Å². The van der Waals surface area contributed by atoms with Crippen LogP contribution in [0.4, 0.5) is 32.2 Å². The molecule has 0 radical (unpaired) electrons. The summed E-state index contributed by atoms with van der Waals surface area (Å²) in [6.07, 6.45) is -10.8. The average Bonchev–Trinajstić information content (AvgIpc) is 2.57. The molecule has 0 saturated carbocycles. The third-order valence-corrected chi connectivity index (χ3v) is 3.88. The molecule has 2 rings (SSSR count). The molecule has 0 spiro atoms. The van der Waals surface area contributed by atoms with Gasteiger partial charge in [-0.2, -0.15) is 26.3 Å². The highest BCUT2D eigenvalue weighted by atomic mass is 19.4. The molecule has 162 valence electrons. The maximum atomic E-state index is 13.7. The maximum Gasteiger partial charge on any atom is 0.417 e. The van der Waals surface area contributed by atoms with Crippen molar-refractivity contribution in [1.82, 2.24) is 4.98 Å². The number of aromatic amines is 1. The zero-order chi connectivity index (χ0) is 23.2. The summed E-state index contributed by atoms with van der Waals surface area (Å²) in [5.74, 6) is -6.38. The Hall–Kier alpha value is -3.71. The number of carboxylic acid groups (broad SMARTS) is 2. The number of H-pyrrole nitrogens is 1. The summed E-state index contributed by atoms with van der Waals surface area (Å²) in [5, 5.41) is 18.6. The largest absolute Gasteiger partial charge is 0.496 e. The molecule has 1 aromatic heterocycles. The Bertz CT molecular complexity index is 1100. The molecule has 0 bridgehead atoms. The fraction of sp³-hybridized carbons (Fsp3) is 0.188. The minimum Gasteiger partial charge on any atom is -0.496 e. The molecule has 30 heavy (non-hydrogen) atoms. The van der Waals surface area contributed by atoms with Gasteiger partial charge in [-0.1, -0.05) is 0 Å². The van der Waals surface area contributed by atoms with E-state index < -0.39 is 74.8 Å². The zero-order valence-electron chi connectivity index (χ0n) is 14.5. The van der Waals surface area contributed by atoms with E-state index in [0.717, 1.165) is 0 Å². The number of hydrogen-bond donors (Lipinski definition) is 4. The summed E-state index contributed by atoms with van der Waals surface area (Å²) in [6, 6.07) is -0.244. The quantitative estimate of drug-likeness (QED) is 0.535. The standard InChI is InChI=1S/C16H10F6N2O6/c1-30-6-3-4(15(17,18)19)2-5(16(20,21)22)7(6)8-9(13(26)27)11(23)24-12(25)10(8)14(28)29/h2-3H,1H3,(H,26,27)(H,28,29)(H3,23,24,25). The van der Waals surface area contributed by atoms with Crippen molar-refractivity contribution in [3.8, 4) is 16.9 Å². The summed E-state index contributed by atoms with van der Waals surface area (Å²) in [7, 11) is 0.677. The van der Waals surface area contributed by atoms with E-state index in [-0.39, 0.29) is 12.1 Å². The van der Waals surface area contributed by atoms with Crippen LogP contribution in [0.5, 0.6) is 5.75 Å². The first-order chi connectivity index (χ1) is 13.6. The van der Waals surface area contributed by atoms with Gasteiger partial charge >= 0.3 is 24.3 Å². The topological polar surface area (TPSA) is 143 Å². The lowest BCUT2D eigenvalue weighted by atomic mass is 9.89. The third kappa shape index (κ3) is 3.88. The highest BCUT2D eigenvalue weighted by Gasteiger charge is 2.42. The molecule has 0 aliphatic heterocycles. The molecule has 0 unspecified atom stereocenters. The lowest BCUT2D eigenvalue weighted by molar-refractivity contribution is -0.142. The van der Waals surface area contributed by atoms with Crippen LogP contribution >= 0.6 is 0 Å². The highest BCUT2D eigenvalue weighted by Crippen LogP contribution is 2.47. The first kappa shape index (κ1) is 22.6. The van der Waals surface area contributed by atoms with Crippen molar-refractivity contribution in [3.05, 3.63) is 44.7 Å². The van der Waals surface area contributed by atoms with Crippen molar-refractivity contribution in [2.75, 3.05) is 12.8 Å². The Labute approximate surface area is 161 Å². The number of benzene rings is 1. The van der Waals surface area contributed by atoms with Crippen LogP contribution in [0.3, 0.4) is 0 Å². The third-order valence-electron chi connectivity index (χ3n) is 3.88. The summed E-state index contributed by atoms with van der Waals surface area (Å²) in [4.78, 5) is 36.8. The number of anilines is 1. The molecule has 1 aromatic carbocycles. The van der Waals surface area contributed by atoms with Crippen molar-refractivity contribution in [1.29, 1.82) is 0 Å². The summed E-state index contributed by atoms with van der Waals surface area (Å²) < 4.78 is 84.7. The number of rotatable bonds is 4. The van der Waals surface area contributed by atoms with Crippen LogP contribution in [-0.2, 0) is 12.4 Å². The Morgan fingerprint density at radius 3 is 1.90 bits per heavy atom. The van der Waals surface area contributed by atoms with Gasteiger partial charge in [0.05, 0.1) is 18.2 Å². The molecule has 0 fully saturated rings. The smallest absolute Gasteiger partial charge is 0.417 e. The van der Waals surface area contributed by atoms with Gasteiger partial charge in [0.1, 0.15) is 22.7 Å². The van der Waals surface area contributed by atoms with Crippen molar-refractivity contribution >= 4 is 17.8 Å². The molecule has 0 saturated heterocycles. The number of ether oxygens (including phenoxy) is 1. The Morgan fingerprint density at radius 1 is 0.967 bits per heavy atom. The number of alkyl halides is 6. The van der Waals surface area contributed by atoms with Crippen LogP contribution in [0.25, 0.3) is 11.1 Å². The van der Waals surface area contributed by atoms with Gasteiger partial charge in [0.15, 0.2) is 0 Å². The van der Waals surface area contributed by atoms with Crippen LogP contribution in [-0.4, -0.2) is 34.2 Å². The van der Waals surface area contributed by atoms with Gasteiger partial charge in [-0.25, -0.2) is 9.59 Å². The minimum atomic E-state index is -5.53. The summed E-state index contributed by atoms with van der Waals surface area (Å²) in [6.45, 7) is 0. The van der Waals surface area contributed by atoms with Gasteiger partial charge < -0.3 is 25.7 Å². The van der Waals surface area contributed by atoms with Gasteiger partial charge in [-0.15, -0.1) is 0 Å². The molecule has 0 atom stereocenters. The molecular formula is C16H10F6N2O6. The number of carboxylic acids is 2. The second-order valence-electron chi connectivity index (χ2n) is 5.70. The van der Waals surface area contributed by atoms with E-state index in [1.807, 2.05) is 0 Å². The number of pyridine rings is 1. The van der Waals surface area contributed by atoms with Gasteiger partial charge in [0.2, 0.25) is 0 Å². The molecule has 0 aliphatic carbocycles. The first-order valence-corrected chi connectivity index (χ1v) is 7.50. The van der Waals surface area contributed by atoms with E-state index in [0.29, 0.717) is 7.11 Å². The van der Waals surface area contributed by atoms with Crippen LogP contribution < -0.4 is 16.0 Å². The number of aromatic carboxylic acids is 2. The van der Waals surface area contributed by atoms with Crippen LogP contribution in [0.2, 0.25) is 0 Å². The molecule has 1 heterocycles. The molecule has 0 aliphatic rings. The molecule has 8 nitrogen and oxygen atoms in total. The van der Waals surface area contributed by atoms with E-state index in [9.17, 15) is 50.9 Å². The summed E-state index contributed by atoms with van der Waals surface area (Å²) >= 11 is 0. The van der Waals surface area contributed by atoms with Crippen LogP contribution in [0, 0.1) is 0 Å². The van der Waals surface area contributed by atoms with E-state index in [2.05, 4.69) is 4.74 Å². The minimum absolute atomic E-state index is 0.110. The molecular weight excluding hydrogens is 430 g/mol. The highest BCUT2D eigenvalue weighted by molar-refractivity contribution is 6.08. The second-order valence-corrected chi connectivity index (χ2v) is 5.70. The number of methoxy groups -OCH3 is 1. The van der Waals surface area contributed by atoms with E-state index in [4.69, 9.17) is 5.73 Å². The predicted octanol–water partition coefficient (Wildman–Crippen LogP) is 3.07. The number of carbonyl (C=O) groups is 2. The lowest BCUT2D eigenvalue weighted by Gasteiger charge is -2.21. The van der Waals surface area contributed by atoms with E-state index in [1.165, 1.54) is 0 Å². The predicted molar refractivity (Wildman–Crippen MR) is 87.4 cm³/mol. The molecule has 14 heteroatoms. The van der Waals surface area contributed by atoms with Crippen molar-refractivity contribution < 1.29 is 50.9 Å². The Balaban J connectivity index is 3.25. The van der Waals surface area contributed by atoms with Crippen molar-refractivity contribution in [3.63, 3.8) is 0 Å². The van der Waals surface area contributed by atoms with Crippen molar-refractivity contribution in [2.45, 2.75) is 12.4 Å². The molecule has 2 aromatic rings. The monoisotopic (exact) mass is 440 g/mol. The van der Waals surface area contributed by atoms with Gasteiger partial charge in [0, 0.05) is 11.1 Å². The van der Waals surface area contributed by atoms with Gasteiger partial charge in [-0.05, 0) is 12.1 Å². The maximum absolute atomic E-state index is 13.7. The Morgan fingerprint density at radius 2 is 1.50 bits per heavy atom. The molecule has 0 amide bonds. The van der Waals surface area contributed by atoms with E-state index >= 15 is 0 Å². The lowest BCUT2D eigenvalue weighted by Crippen LogP contribution is -2.25. The second kappa shape index (κ2) is 7.27. The average molecular weight is 440 g/mol. The number of hydrogen-bond acceptors (Lipinski definition) is 5. The summed E-state index contributed by atoms with van der Waals surface area (Å²) in [5.41, 5.74) is -5.61. The van der Waals surface area contributed by atoms with Crippen molar-refractivity contribution in [2.24, 2.45) is 0 Å². The first-order valence-electron chi connectivity index (χ1n) is 7.50. The zero-order valence-corrected chi connectivity index (χ0v) is 14.5. The number of aromatic nitrogens is 1. The fourth-order valence-corrected chi connectivity index (χ4v) is 2.72. The Kier molecular flexibility index (Phi) is 5.47. The number of nitrogens with two attached hydrogens (primary N) is 1. The number of halogens is 6. The van der Waals surface area contributed by atoms with Crippen LogP contribution in [0.15, 0.2) is 16.9 Å². The fourth-order valence-electron chi connectivity index (χ4n) is 2.72. The normalized spacial score (nSPS) is 12.0. The number of nitrogen functional groups attached to an aromatic ring is 1. The SMILES string of the molecule is COc1cc(C(F)(F)F)cc(C(F)(F)F)c1-c1c(C(=O)O)c(N)[nH]c(=O)c1C(=O)O. The van der Waals surface area contributed by atoms with Gasteiger partial charge in [0.25, 0.3) is 5.56 Å². The number of nitrogens with one attached hydrogen (secondary N) is 1. The molecule has 5 N–H and O–H groups in total.